The highest BCUT2D eigenvalue weighted by molar-refractivity contribution is 7.20. The number of nitrogens with zero attached hydrogens (tertiary/aromatic N) is 5. The minimum absolute atomic E-state index is 0.191. The molecule has 1 aliphatic rings. The number of methoxy groups -OCH3 is 2. The van der Waals surface area contributed by atoms with Gasteiger partial charge >= 0.3 is 0 Å². The lowest BCUT2D eigenvalue weighted by Crippen LogP contribution is -2.47. The molecule has 0 saturated carbocycles. The van der Waals surface area contributed by atoms with Crippen molar-refractivity contribution >= 4 is 44.8 Å². The number of carbonyl (C=O) groups excluding carboxylic acids is 1. The zero-order valence-electron chi connectivity index (χ0n) is 19.8. The van der Waals surface area contributed by atoms with Crippen LogP contribution < -0.4 is 24.6 Å². The van der Waals surface area contributed by atoms with Gasteiger partial charge in [0.1, 0.15) is 22.8 Å². The number of fused-ring (bicyclic) bond motifs is 1. The Labute approximate surface area is 207 Å². The summed E-state index contributed by atoms with van der Waals surface area (Å²) in [7, 11) is 3.14. The van der Waals surface area contributed by atoms with Crippen LogP contribution in [0.1, 0.15) is 15.2 Å². The van der Waals surface area contributed by atoms with E-state index in [9.17, 15) is 4.79 Å². The number of benzene rings is 1. The van der Waals surface area contributed by atoms with Gasteiger partial charge in [0.2, 0.25) is 0 Å². The van der Waals surface area contributed by atoms with Crippen LogP contribution in [0.25, 0.3) is 10.2 Å². The average molecular weight is 491 g/mol. The highest BCUT2D eigenvalue weighted by atomic mass is 32.1. The molecule has 1 fully saturated rings. The van der Waals surface area contributed by atoms with E-state index in [0.717, 1.165) is 53.6 Å². The molecule has 0 bridgehead atoms. The van der Waals surface area contributed by atoms with Crippen LogP contribution in [-0.2, 0) is 0 Å². The summed E-state index contributed by atoms with van der Waals surface area (Å²) in [5, 5.41) is 3.90. The zero-order chi connectivity index (χ0) is 24.4. The number of amides is 1. The lowest BCUT2D eigenvalue weighted by molar-refractivity contribution is 0.103. The molecule has 180 valence electrons. The molecule has 1 N–H and O–H groups in total. The Morgan fingerprint density at radius 2 is 1.74 bits per heavy atom. The summed E-state index contributed by atoms with van der Waals surface area (Å²) in [4.78, 5) is 32.7. The first-order valence-corrected chi connectivity index (χ1v) is 12.1. The van der Waals surface area contributed by atoms with Crippen molar-refractivity contribution in [2.24, 2.45) is 0 Å². The van der Waals surface area contributed by atoms with Crippen molar-refractivity contribution in [3.63, 3.8) is 0 Å². The Kier molecular flexibility index (Phi) is 6.37. The summed E-state index contributed by atoms with van der Waals surface area (Å²) in [6.07, 6.45) is 3.40. The quantitative estimate of drug-likeness (QED) is 0.434. The van der Waals surface area contributed by atoms with Crippen LogP contribution in [-0.4, -0.2) is 61.3 Å². The van der Waals surface area contributed by atoms with Gasteiger partial charge in [-0.05, 0) is 36.8 Å². The molecule has 0 spiro atoms. The van der Waals surface area contributed by atoms with Crippen LogP contribution >= 0.6 is 11.3 Å². The lowest BCUT2D eigenvalue weighted by atomic mass is 10.1. The third-order valence-corrected chi connectivity index (χ3v) is 7.31. The smallest absolute Gasteiger partial charge is 0.266 e. The summed E-state index contributed by atoms with van der Waals surface area (Å²) in [5.74, 6) is 2.82. The molecule has 0 atom stereocenters. The Bertz CT molecular complexity index is 1350. The Balaban J connectivity index is 1.38. The number of hydrogen-bond acceptors (Lipinski definition) is 9. The molecule has 4 aromatic rings. The van der Waals surface area contributed by atoms with Crippen molar-refractivity contribution in [3.8, 4) is 11.5 Å². The van der Waals surface area contributed by atoms with Gasteiger partial charge in [0.15, 0.2) is 11.5 Å². The predicted molar refractivity (Wildman–Crippen MR) is 138 cm³/mol. The van der Waals surface area contributed by atoms with Gasteiger partial charge in [0.25, 0.3) is 5.91 Å². The van der Waals surface area contributed by atoms with E-state index in [1.165, 1.54) is 11.3 Å². The maximum atomic E-state index is 13.2. The van der Waals surface area contributed by atoms with Crippen molar-refractivity contribution in [2.75, 3.05) is 55.5 Å². The van der Waals surface area contributed by atoms with Gasteiger partial charge in [0.05, 0.1) is 24.5 Å². The SMILES string of the molecule is COc1ccc(NC(=O)c2sc3ncnc(N4CCN(c5ccccn5)CC4)c3c2C)cc1OC. The molecule has 3 aromatic heterocycles. The number of aryl methyl sites for hydroxylation is 1. The molecule has 0 aliphatic carbocycles. The molecule has 1 saturated heterocycles. The molecule has 1 aliphatic heterocycles. The number of carbonyl (C=O) groups is 1. The van der Waals surface area contributed by atoms with Crippen molar-refractivity contribution < 1.29 is 14.3 Å². The Morgan fingerprint density at radius 1 is 0.971 bits per heavy atom. The number of anilines is 3. The van der Waals surface area contributed by atoms with E-state index in [1.54, 1.807) is 38.7 Å². The van der Waals surface area contributed by atoms with Crippen LogP contribution in [0.4, 0.5) is 17.3 Å². The van der Waals surface area contributed by atoms with Crippen molar-refractivity contribution in [1.29, 1.82) is 0 Å². The third kappa shape index (κ3) is 4.44. The fourth-order valence-electron chi connectivity index (χ4n) is 4.30. The van der Waals surface area contributed by atoms with Gasteiger partial charge in [-0.1, -0.05) is 6.07 Å². The Morgan fingerprint density at radius 3 is 2.46 bits per heavy atom. The van der Waals surface area contributed by atoms with Gasteiger partial charge in [-0.3, -0.25) is 4.79 Å². The fraction of sp³-hybridized carbons (Fsp3) is 0.280. The molecule has 4 heterocycles. The Hall–Kier alpha value is -3.92. The minimum atomic E-state index is -0.191. The molecule has 5 rings (SSSR count). The lowest BCUT2D eigenvalue weighted by Gasteiger charge is -2.36. The van der Waals surface area contributed by atoms with E-state index in [2.05, 4.69) is 30.1 Å². The first kappa shape index (κ1) is 22.9. The summed E-state index contributed by atoms with van der Waals surface area (Å²) in [6, 6.07) is 11.3. The molecule has 10 heteroatoms. The molecule has 1 aromatic carbocycles. The van der Waals surface area contributed by atoms with Gasteiger partial charge in [0, 0.05) is 44.1 Å². The van der Waals surface area contributed by atoms with Crippen molar-refractivity contribution in [3.05, 3.63) is 59.4 Å². The summed E-state index contributed by atoms with van der Waals surface area (Å²) >= 11 is 1.38. The van der Waals surface area contributed by atoms with Crippen molar-refractivity contribution in [2.45, 2.75) is 6.92 Å². The monoisotopic (exact) mass is 490 g/mol. The van der Waals surface area contributed by atoms with E-state index in [-0.39, 0.29) is 5.91 Å². The van der Waals surface area contributed by atoms with Crippen LogP contribution in [0.2, 0.25) is 0 Å². The molecule has 35 heavy (non-hydrogen) atoms. The number of rotatable bonds is 6. The van der Waals surface area contributed by atoms with Crippen LogP contribution in [0, 0.1) is 6.92 Å². The molecule has 1 amide bonds. The van der Waals surface area contributed by atoms with E-state index in [1.807, 2.05) is 31.3 Å². The van der Waals surface area contributed by atoms with Gasteiger partial charge in [-0.15, -0.1) is 11.3 Å². The second kappa shape index (κ2) is 9.75. The van der Waals surface area contributed by atoms with E-state index < -0.39 is 0 Å². The third-order valence-electron chi connectivity index (χ3n) is 6.11. The highest BCUT2D eigenvalue weighted by Crippen LogP contribution is 2.36. The van der Waals surface area contributed by atoms with Crippen LogP contribution in [0.5, 0.6) is 11.5 Å². The van der Waals surface area contributed by atoms with E-state index >= 15 is 0 Å². The molecule has 0 radical (unpaired) electrons. The number of aromatic nitrogens is 3. The normalized spacial score (nSPS) is 13.7. The summed E-state index contributed by atoms with van der Waals surface area (Å²) < 4.78 is 10.6. The second-order valence-corrected chi connectivity index (χ2v) is 9.12. The topological polar surface area (TPSA) is 92.7 Å². The number of piperazine rings is 1. The number of ether oxygens (including phenoxy) is 2. The first-order chi connectivity index (χ1) is 17.1. The number of pyridine rings is 1. The van der Waals surface area contributed by atoms with Crippen molar-refractivity contribution in [1.82, 2.24) is 15.0 Å². The number of nitrogens with one attached hydrogen (secondary N) is 1. The summed E-state index contributed by atoms with van der Waals surface area (Å²) in [6.45, 7) is 5.27. The number of thiophene rings is 1. The average Bonchev–Trinajstić information content (AvgIpc) is 3.26. The minimum Gasteiger partial charge on any atom is -0.493 e. The van der Waals surface area contributed by atoms with Gasteiger partial charge in [-0.2, -0.15) is 0 Å². The zero-order valence-corrected chi connectivity index (χ0v) is 20.6. The van der Waals surface area contributed by atoms with Crippen LogP contribution in [0.15, 0.2) is 48.9 Å². The first-order valence-electron chi connectivity index (χ1n) is 11.3. The molecular formula is C25H26N6O3S. The standard InChI is InChI=1S/C25H26N6O3S/c1-16-21-23(31-12-10-30(11-13-31)20-6-4-5-9-26-20)27-15-28-25(21)35-22(16)24(32)29-17-7-8-18(33-2)19(14-17)34-3/h4-9,14-15H,10-13H2,1-3H3,(H,29,32). The van der Waals surface area contributed by atoms with Crippen LogP contribution in [0.3, 0.4) is 0 Å². The van der Waals surface area contributed by atoms with Gasteiger partial charge < -0.3 is 24.6 Å². The molecule has 9 nitrogen and oxygen atoms in total. The molecular weight excluding hydrogens is 464 g/mol. The second-order valence-electron chi connectivity index (χ2n) is 8.12. The maximum Gasteiger partial charge on any atom is 0.266 e. The largest absolute Gasteiger partial charge is 0.493 e. The van der Waals surface area contributed by atoms with E-state index in [4.69, 9.17) is 9.47 Å². The number of hydrogen-bond donors (Lipinski definition) is 1. The summed E-state index contributed by atoms with van der Waals surface area (Å²) in [5.41, 5.74) is 1.51. The van der Waals surface area contributed by atoms with Gasteiger partial charge in [-0.25, -0.2) is 15.0 Å². The maximum absolute atomic E-state index is 13.2. The highest BCUT2D eigenvalue weighted by Gasteiger charge is 2.25. The fourth-order valence-corrected chi connectivity index (χ4v) is 5.34. The predicted octanol–water partition coefficient (Wildman–Crippen LogP) is 3.99. The molecule has 0 unspecified atom stereocenters. The van der Waals surface area contributed by atoms with E-state index in [0.29, 0.717) is 22.1 Å².